The zero-order valence-electron chi connectivity index (χ0n) is 16.6. The van der Waals surface area contributed by atoms with E-state index in [9.17, 15) is 5.21 Å². The first-order valence-corrected chi connectivity index (χ1v) is 9.61. The smallest absolute Gasteiger partial charge is 0.378 e. The van der Waals surface area contributed by atoms with Gasteiger partial charge in [-0.3, -0.25) is 4.90 Å². The molecule has 4 rings (SSSR count). The molecule has 5 heteroatoms. The van der Waals surface area contributed by atoms with Gasteiger partial charge < -0.3 is 10.1 Å². The van der Waals surface area contributed by atoms with Gasteiger partial charge in [-0.25, -0.2) is 0 Å². The molecule has 0 N–H and O–H groups in total. The van der Waals surface area contributed by atoms with Crippen LogP contribution in [0.2, 0.25) is 0 Å². The highest BCUT2D eigenvalue weighted by Gasteiger charge is 2.54. The zero-order valence-corrected chi connectivity index (χ0v) is 16.6. The van der Waals surface area contributed by atoms with Gasteiger partial charge in [0.1, 0.15) is 6.54 Å². The molecular formula is C24H24N4O. The molecule has 1 atom stereocenters. The highest BCUT2D eigenvalue weighted by Crippen LogP contribution is 2.39. The van der Waals surface area contributed by atoms with Crippen LogP contribution in [0.4, 0.5) is 5.69 Å². The van der Waals surface area contributed by atoms with E-state index in [0.717, 1.165) is 21.6 Å². The Morgan fingerprint density at radius 3 is 2.03 bits per heavy atom. The first-order chi connectivity index (χ1) is 14.1. The van der Waals surface area contributed by atoms with Gasteiger partial charge in [-0.15, -0.1) is 0 Å². The van der Waals surface area contributed by atoms with Crippen molar-refractivity contribution in [1.82, 2.24) is 4.90 Å². The Bertz CT molecular complexity index is 1020. The van der Waals surface area contributed by atoms with Crippen LogP contribution < -0.4 is 4.90 Å². The zero-order chi connectivity index (χ0) is 20.3. The van der Waals surface area contributed by atoms with Crippen LogP contribution in [0, 0.1) is 5.21 Å². The van der Waals surface area contributed by atoms with Gasteiger partial charge in [0.2, 0.25) is 5.71 Å². The van der Waals surface area contributed by atoms with Crippen LogP contribution >= 0.6 is 0 Å². The lowest BCUT2D eigenvalue weighted by Crippen LogP contribution is -2.47. The number of rotatable bonds is 5. The van der Waals surface area contributed by atoms with E-state index < -0.39 is 5.79 Å². The summed E-state index contributed by atoms with van der Waals surface area (Å²) in [4.78, 5) is 8.78. The van der Waals surface area contributed by atoms with Crippen LogP contribution in [0.5, 0.6) is 0 Å². The number of hydrogen-bond donors (Lipinski definition) is 0. The van der Waals surface area contributed by atoms with E-state index in [0.29, 0.717) is 12.3 Å². The lowest BCUT2D eigenvalue weighted by molar-refractivity contribution is -0.547. The number of aliphatic imine (C=N–C) groups is 1. The second kappa shape index (κ2) is 7.80. The van der Waals surface area contributed by atoms with Crippen molar-refractivity contribution >= 4 is 17.7 Å². The van der Waals surface area contributed by atoms with E-state index >= 15 is 0 Å². The van der Waals surface area contributed by atoms with Crippen molar-refractivity contribution in [2.75, 3.05) is 25.5 Å². The number of hydroxylamine groups is 1. The highest BCUT2D eigenvalue weighted by atomic mass is 16.5. The second-order valence-electron chi connectivity index (χ2n) is 7.24. The SMILES string of the molecule is CN(C)/C=N/C1(c2ccccc2)N(c2ccccc2)CC(c2ccccc2)=[N+]1[O-]. The Balaban J connectivity index is 1.99. The van der Waals surface area contributed by atoms with Crippen molar-refractivity contribution in [2.24, 2.45) is 4.99 Å². The molecular weight excluding hydrogens is 360 g/mol. The Morgan fingerprint density at radius 2 is 1.45 bits per heavy atom. The summed E-state index contributed by atoms with van der Waals surface area (Å²) in [6, 6.07) is 29.5. The first-order valence-electron chi connectivity index (χ1n) is 9.61. The van der Waals surface area contributed by atoms with E-state index in [4.69, 9.17) is 4.99 Å². The van der Waals surface area contributed by atoms with Crippen LogP contribution in [0.3, 0.4) is 0 Å². The minimum Gasteiger partial charge on any atom is -0.620 e. The molecule has 0 bridgehead atoms. The largest absolute Gasteiger partial charge is 0.620 e. The fraction of sp³-hybridized carbons (Fsp3) is 0.167. The second-order valence-corrected chi connectivity index (χ2v) is 7.24. The van der Waals surface area contributed by atoms with E-state index in [1.165, 1.54) is 0 Å². The number of benzene rings is 3. The predicted molar refractivity (Wildman–Crippen MR) is 118 cm³/mol. The van der Waals surface area contributed by atoms with Crippen LogP contribution in [0.25, 0.3) is 0 Å². The molecule has 0 spiro atoms. The minimum atomic E-state index is -1.22. The molecule has 0 fully saturated rings. The van der Waals surface area contributed by atoms with Crippen molar-refractivity contribution in [3.05, 3.63) is 107 Å². The Morgan fingerprint density at radius 1 is 0.897 bits per heavy atom. The minimum absolute atomic E-state index is 0.456. The summed E-state index contributed by atoms with van der Waals surface area (Å²) >= 11 is 0. The molecule has 3 aromatic carbocycles. The monoisotopic (exact) mass is 384 g/mol. The van der Waals surface area contributed by atoms with Crippen LogP contribution in [0.15, 0.2) is 96.0 Å². The number of para-hydroxylation sites is 1. The van der Waals surface area contributed by atoms with Crippen LogP contribution in [0.1, 0.15) is 11.1 Å². The summed E-state index contributed by atoms with van der Waals surface area (Å²) in [5.41, 5.74) is 3.36. The first kappa shape index (κ1) is 18.7. The third kappa shape index (κ3) is 3.36. The van der Waals surface area contributed by atoms with E-state index in [-0.39, 0.29) is 0 Å². The molecule has 0 aromatic heterocycles. The summed E-state index contributed by atoms with van der Waals surface area (Å²) in [6.45, 7) is 0.456. The molecule has 0 saturated heterocycles. The van der Waals surface area contributed by atoms with Crippen molar-refractivity contribution < 1.29 is 4.74 Å². The number of anilines is 1. The lowest BCUT2D eigenvalue weighted by Gasteiger charge is -2.33. The van der Waals surface area contributed by atoms with Gasteiger partial charge in [0.05, 0.1) is 11.9 Å². The van der Waals surface area contributed by atoms with Gasteiger partial charge in [-0.1, -0.05) is 54.6 Å². The Labute approximate surface area is 171 Å². The normalized spacial score (nSPS) is 19.2. The molecule has 29 heavy (non-hydrogen) atoms. The fourth-order valence-corrected chi connectivity index (χ4v) is 3.67. The molecule has 5 nitrogen and oxygen atoms in total. The molecule has 1 aliphatic rings. The maximum Gasteiger partial charge on any atom is 0.378 e. The van der Waals surface area contributed by atoms with Gasteiger partial charge in [0, 0.05) is 25.3 Å². The summed E-state index contributed by atoms with van der Waals surface area (Å²) in [7, 11) is 3.81. The molecule has 3 aromatic rings. The molecule has 0 aliphatic carbocycles. The Kier molecular flexibility index (Phi) is 5.04. The molecule has 1 heterocycles. The topological polar surface area (TPSA) is 44.9 Å². The summed E-state index contributed by atoms with van der Waals surface area (Å²) in [6.07, 6.45) is 1.71. The molecule has 0 saturated carbocycles. The van der Waals surface area contributed by atoms with Gasteiger partial charge in [0.15, 0.2) is 0 Å². The predicted octanol–water partition coefficient (Wildman–Crippen LogP) is 3.91. The highest BCUT2D eigenvalue weighted by molar-refractivity contribution is 6.01. The Hall–Kier alpha value is -3.60. The van der Waals surface area contributed by atoms with E-state index in [1.807, 2.05) is 110 Å². The third-order valence-electron chi connectivity index (χ3n) is 5.02. The molecule has 1 unspecified atom stereocenters. The third-order valence-corrected chi connectivity index (χ3v) is 5.02. The number of hydrogen-bond acceptors (Lipinski definition) is 3. The van der Waals surface area contributed by atoms with Crippen LogP contribution in [-0.2, 0) is 5.79 Å². The maximum absolute atomic E-state index is 13.9. The lowest BCUT2D eigenvalue weighted by atomic mass is 10.1. The van der Waals surface area contributed by atoms with Crippen LogP contribution in [-0.4, -0.2) is 42.3 Å². The molecule has 0 amide bonds. The molecule has 0 radical (unpaired) electrons. The van der Waals surface area contributed by atoms with Gasteiger partial charge in [-0.2, -0.15) is 9.73 Å². The molecule has 1 aliphatic heterocycles. The van der Waals surface area contributed by atoms with Crippen molar-refractivity contribution in [2.45, 2.75) is 5.79 Å². The average molecular weight is 384 g/mol. The summed E-state index contributed by atoms with van der Waals surface area (Å²) < 4.78 is 1.06. The van der Waals surface area contributed by atoms with Crippen molar-refractivity contribution in [1.29, 1.82) is 0 Å². The summed E-state index contributed by atoms with van der Waals surface area (Å²) in [5, 5.41) is 13.9. The van der Waals surface area contributed by atoms with E-state index in [1.54, 1.807) is 6.34 Å². The average Bonchev–Trinajstić information content (AvgIpc) is 3.07. The van der Waals surface area contributed by atoms with Crippen molar-refractivity contribution in [3.8, 4) is 0 Å². The van der Waals surface area contributed by atoms with E-state index in [2.05, 4.69) is 4.90 Å². The summed E-state index contributed by atoms with van der Waals surface area (Å²) in [5.74, 6) is -1.22. The molecule has 146 valence electrons. The van der Waals surface area contributed by atoms with Crippen molar-refractivity contribution in [3.63, 3.8) is 0 Å². The fourth-order valence-electron chi connectivity index (χ4n) is 3.67. The van der Waals surface area contributed by atoms with Gasteiger partial charge in [-0.05, 0) is 36.4 Å². The number of nitrogens with zero attached hydrogens (tertiary/aromatic N) is 4. The maximum atomic E-state index is 13.9. The van der Waals surface area contributed by atoms with Gasteiger partial charge in [0.25, 0.3) is 0 Å². The quantitative estimate of drug-likeness (QED) is 0.290. The van der Waals surface area contributed by atoms with Gasteiger partial charge >= 0.3 is 5.79 Å². The standard InChI is InChI=1S/C24H24N4O/c1-26(2)19-25-24(21-14-8-4-9-15-21)27(22-16-10-5-11-17-22)18-23(28(24)29)20-12-6-3-7-13-20/h3-17,19H,18H2,1-2H3/b25-19+.